The summed E-state index contributed by atoms with van der Waals surface area (Å²) in [5, 5.41) is 2.60. The first kappa shape index (κ1) is 14.4. The molecule has 0 radical (unpaired) electrons. The van der Waals surface area contributed by atoms with E-state index in [1.165, 1.54) is 11.3 Å². The maximum Gasteiger partial charge on any atom is 0.412 e. The molecule has 1 unspecified atom stereocenters. The number of ether oxygens (including phenoxy) is 1. The van der Waals surface area contributed by atoms with Gasteiger partial charge in [0.1, 0.15) is 5.82 Å². The lowest BCUT2D eigenvalue weighted by Gasteiger charge is -2.24. The number of rotatable bonds is 3. The third-order valence-electron chi connectivity index (χ3n) is 3.74. The molecule has 1 aromatic heterocycles. The lowest BCUT2D eigenvalue weighted by atomic mass is 10.1. The molecule has 5 nitrogen and oxygen atoms in total. The van der Waals surface area contributed by atoms with Crippen molar-refractivity contribution >= 4 is 23.3 Å². The Kier molecular flexibility index (Phi) is 3.96. The van der Waals surface area contributed by atoms with Gasteiger partial charge in [0.05, 0.1) is 18.5 Å². The Morgan fingerprint density at radius 1 is 1.36 bits per heavy atom. The van der Waals surface area contributed by atoms with Gasteiger partial charge in [-0.1, -0.05) is 18.2 Å². The van der Waals surface area contributed by atoms with Crippen LogP contribution in [0.3, 0.4) is 0 Å². The average molecular weight is 297 g/mol. The molecule has 3 rings (SSSR count). The molecule has 2 aromatic rings. The Morgan fingerprint density at radius 3 is 2.91 bits per heavy atom. The van der Waals surface area contributed by atoms with Crippen molar-refractivity contribution in [3.8, 4) is 0 Å². The minimum Gasteiger partial charge on any atom is -0.450 e. The molecule has 22 heavy (non-hydrogen) atoms. The molecule has 1 atom stereocenters. The Bertz CT molecular complexity index is 670. The number of para-hydroxylation sites is 1. The molecule has 2 heterocycles. The fraction of sp³-hybridized carbons (Fsp3) is 0.294. The largest absolute Gasteiger partial charge is 0.450 e. The van der Waals surface area contributed by atoms with E-state index in [-0.39, 0.29) is 0 Å². The second-order valence-electron chi connectivity index (χ2n) is 5.30. The number of hydrogen-bond acceptors (Lipinski definition) is 4. The number of carbonyl (C=O) groups is 1. The van der Waals surface area contributed by atoms with Gasteiger partial charge >= 0.3 is 6.09 Å². The van der Waals surface area contributed by atoms with Gasteiger partial charge in [-0.2, -0.15) is 0 Å². The molecule has 0 saturated carbocycles. The second kappa shape index (κ2) is 6.05. The molecule has 114 valence electrons. The highest BCUT2D eigenvalue weighted by Crippen LogP contribution is 2.37. The van der Waals surface area contributed by atoms with E-state index in [2.05, 4.69) is 40.3 Å². The van der Waals surface area contributed by atoms with Crippen LogP contribution in [0.25, 0.3) is 0 Å². The Labute approximate surface area is 129 Å². The van der Waals surface area contributed by atoms with Crippen molar-refractivity contribution in [2.24, 2.45) is 0 Å². The topological polar surface area (TPSA) is 54.5 Å². The average Bonchev–Trinajstić information content (AvgIpc) is 2.84. The SMILES string of the molecule is CCOC(=O)Nc1ccc(N2c3ccccc3CC2C)cn1. The zero-order valence-corrected chi connectivity index (χ0v) is 12.7. The molecule has 1 aliphatic rings. The lowest BCUT2D eigenvalue weighted by Crippen LogP contribution is -2.24. The predicted octanol–water partition coefficient (Wildman–Crippen LogP) is 3.73. The number of hydrogen-bond donors (Lipinski definition) is 1. The third-order valence-corrected chi connectivity index (χ3v) is 3.74. The van der Waals surface area contributed by atoms with Crippen molar-refractivity contribution < 1.29 is 9.53 Å². The van der Waals surface area contributed by atoms with Crippen molar-refractivity contribution in [3.63, 3.8) is 0 Å². The van der Waals surface area contributed by atoms with Gasteiger partial charge in [-0.25, -0.2) is 9.78 Å². The van der Waals surface area contributed by atoms with E-state index >= 15 is 0 Å². The maximum atomic E-state index is 11.4. The zero-order valence-electron chi connectivity index (χ0n) is 12.7. The normalized spacial score (nSPS) is 16.3. The van der Waals surface area contributed by atoms with Crippen LogP contribution in [0.15, 0.2) is 42.6 Å². The van der Waals surface area contributed by atoms with E-state index < -0.39 is 6.09 Å². The van der Waals surface area contributed by atoms with Crippen LogP contribution in [0.5, 0.6) is 0 Å². The number of nitrogens with zero attached hydrogens (tertiary/aromatic N) is 2. The highest BCUT2D eigenvalue weighted by atomic mass is 16.5. The molecule has 0 spiro atoms. The Morgan fingerprint density at radius 2 is 2.18 bits per heavy atom. The summed E-state index contributed by atoms with van der Waals surface area (Å²) in [4.78, 5) is 18.0. The highest BCUT2D eigenvalue weighted by Gasteiger charge is 2.26. The summed E-state index contributed by atoms with van der Waals surface area (Å²) in [6, 6.07) is 12.6. The number of nitrogens with one attached hydrogen (secondary N) is 1. The summed E-state index contributed by atoms with van der Waals surface area (Å²) >= 11 is 0. The van der Waals surface area contributed by atoms with Crippen LogP contribution in [-0.4, -0.2) is 23.7 Å². The van der Waals surface area contributed by atoms with Crippen LogP contribution in [0.4, 0.5) is 22.0 Å². The molecule has 0 aliphatic carbocycles. The van der Waals surface area contributed by atoms with E-state index in [1.54, 1.807) is 19.2 Å². The van der Waals surface area contributed by atoms with E-state index in [0.29, 0.717) is 18.5 Å². The van der Waals surface area contributed by atoms with E-state index in [1.807, 2.05) is 12.1 Å². The first-order chi connectivity index (χ1) is 10.7. The number of benzene rings is 1. The van der Waals surface area contributed by atoms with Gasteiger partial charge in [0.15, 0.2) is 0 Å². The van der Waals surface area contributed by atoms with Crippen LogP contribution in [-0.2, 0) is 11.2 Å². The maximum absolute atomic E-state index is 11.4. The molecule has 0 saturated heterocycles. The molecule has 1 aliphatic heterocycles. The van der Waals surface area contributed by atoms with Crippen LogP contribution in [0.1, 0.15) is 19.4 Å². The Hall–Kier alpha value is -2.56. The van der Waals surface area contributed by atoms with Crippen molar-refractivity contribution in [1.29, 1.82) is 0 Å². The number of amides is 1. The summed E-state index contributed by atoms with van der Waals surface area (Å²) in [5.41, 5.74) is 3.60. The second-order valence-corrected chi connectivity index (χ2v) is 5.30. The van der Waals surface area contributed by atoms with Gasteiger partial charge in [-0.05, 0) is 44.0 Å². The predicted molar refractivity (Wildman–Crippen MR) is 86.6 cm³/mol. The molecule has 0 bridgehead atoms. The molecule has 1 aromatic carbocycles. The number of carbonyl (C=O) groups excluding carboxylic acids is 1. The fourth-order valence-electron chi connectivity index (χ4n) is 2.83. The number of anilines is 3. The van der Waals surface area contributed by atoms with Crippen molar-refractivity contribution in [3.05, 3.63) is 48.2 Å². The molecular formula is C17H19N3O2. The van der Waals surface area contributed by atoms with Gasteiger partial charge in [0.25, 0.3) is 0 Å². The van der Waals surface area contributed by atoms with Gasteiger partial charge in [-0.15, -0.1) is 0 Å². The van der Waals surface area contributed by atoms with Gasteiger partial charge in [-0.3, -0.25) is 5.32 Å². The summed E-state index contributed by atoms with van der Waals surface area (Å²) in [5.74, 6) is 0.488. The van der Waals surface area contributed by atoms with Crippen LogP contribution < -0.4 is 10.2 Å². The quantitative estimate of drug-likeness (QED) is 0.938. The van der Waals surface area contributed by atoms with E-state index in [4.69, 9.17) is 4.74 Å². The van der Waals surface area contributed by atoms with Crippen molar-refractivity contribution in [1.82, 2.24) is 4.98 Å². The smallest absolute Gasteiger partial charge is 0.412 e. The monoisotopic (exact) mass is 297 g/mol. The third kappa shape index (κ3) is 2.74. The Balaban J connectivity index is 1.80. The van der Waals surface area contributed by atoms with E-state index in [9.17, 15) is 4.79 Å². The summed E-state index contributed by atoms with van der Waals surface area (Å²) in [7, 11) is 0. The van der Waals surface area contributed by atoms with Crippen molar-refractivity contribution in [2.45, 2.75) is 26.3 Å². The first-order valence-electron chi connectivity index (χ1n) is 7.46. The van der Waals surface area contributed by atoms with E-state index in [0.717, 1.165) is 12.1 Å². The molecule has 1 N–H and O–H groups in total. The van der Waals surface area contributed by atoms with Gasteiger partial charge < -0.3 is 9.64 Å². The van der Waals surface area contributed by atoms with Crippen molar-refractivity contribution in [2.75, 3.05) is 16.8 Å². The van der Waals surface area contributed by atoms with Crippen LogP contribution >= 0.6 is 0 Å². The minimum atomic E-state index is -0.484. The summed E-state index contributed by atoms with van der Waals surface area (Å²) in [6.07, 6.45) is 2.32. The minimum absolute atomic E-state index is 0.339. The standard InChI is InChI=1S/C17H19N3O2/c1-3-22-17(21)19-16-9-8-14(11-18-16)20-12(2)10-13-6-4-5-7-15(13)20/h4-9,11-12H,3,10H2,1-2H3,(H,18,19,21). The van der Waals surface area contributed by atoms with Gasteiger partial charge in [0.2, 0.25) is 0 Å². The number of aromatic nitrogens is 1. The van der Waals surface area contributed by atoms with Gasteiger partial charge in [0, 0.05) is 11.7 Å². The number of fused-ring (bicyclic) bond motifs is 1. The summed E-state index contributed by atoms with van der Waals surface area (Å²) < 4.78 is 4.84. The lowest BCUT2D eigenvalue weighted by molar-refractivity contribution is 0.168. The fourth-order valence-corrected chi connectivity index (χ4v) is 2.83. The van der Waals surface area contributed by atoms with Crippen LogP contribution in [0, 0.1) is 0 Å². The zero-order chi connectivity index (χ0) is 15.5. The first-order valence-corrected chi connectivity index (χ1v) is 7.46. The molecular weight excluding hydrogens is 278 g/mol. The van der Waals surface area contributed by atoms with Crippen LogP contribution in [0.2, 0.25) is 0 Å². The molecule has 5 heteroatoms. The summed E-state index contributed by atoms with van der Waals surface area (Å²) in [6.45, 7) is 4.30. The number of pyridine rings is 1. The molecule has 1 amide bonds. The molecule has 0 fully saturated rings. The highest BCUT2D eigenvalue weighted by molar-refractivity contribution is 5.83.